The van der Waals surface area contributed by atoms with Gasteiger partial charge in [0.1, 0.15) is 0 Å². The molecule has 2 rings (SSSR count). The lowest BCUT2D eigenvalue weighted by molar-refractivity contribution is -0.132. The summed E-state index contributed by atoms with van der Waals surface area (Å²) in [6.45, 7) is 3.44. The summed E-state index contributed by atoms with van der Waals surface area (Å²) in [5.41, 5.74) is 2.84. The molecule has 0 atom stereocenters. The lowest BCUT2D eigenvalue weighted by Crippen LogP contribution is -2.41. The van der Waals surface area contributed by atoms with Gasteiger partial charge in [0.15, 0.2) is 0 Å². The van der Waals surface area contributed by atoms with Crippen molar-refractivity contribution >= 4 is 46.6 Å². The van der Waals surface area contributed by atoms with E-state index in [-0.39, 0.29) is 19.0 Å². The first-order chi connectivity index (χ1) is 13.2. The summed E-state index contributed by atoms with van der Waals surface area (Å²) >= 11 is 12.0. The van der Waals surface area contributed by atoms with Crippen molar-refractivity contribution in [1.29, 1.82) is 0 Å². The van der Waals surface area contributed by atoms with Crippen LogP contribution in [0.15, 0.2) is 36.4 Å². The van der Waals surface area contributed by atoms with Gasteiger partial charge in [-0.2, -0.15) is 0 Å². The molecule has 2 N–H and O–H groups in total. The number of aryl methyl sites for hydroxylation is 2. The zero-order valence-corrected chi connectivity index (χ0v) is 17.3. The van der Waals surface area contributed by atoms with Crippen LogP contribution in [0, 0.1) is 13.8 Å². The second-order valence-corrected chi connectivity index (χ2v) is 7.19. The fourth-order valence-corrected chi connectivity index (χ4v) is 2.87. The second kappa shape index (κ2) is 9.57. The van der Waals surface area contributed by atoms with Crippen LogP contribution in [0.4, 0.5) is 5.69 Å². The van der Waals surface area contributed by atoms with Crippen LogP contribution in [0.25, 0.3) is 0 Å². The Bertz CT molecular complexity index is 895. The number of para-hydroxylation sites is 1. The fourth-order valence-electron chi connectivity index (χ4n) is 2.38. The number of carbonyl (C=O) groups excluding carboxylic acids is 3. The highest BCUT2D eigenvalue weighted by Crippen LogP contribution is 2.29. The summed E-state index contributed by atoms with van der Waals surface area (Å²) in [6.07, 6.45) is 0. The van der Waals surface area contributed by atoms with Crippen LogP contribution in [0.1, 0.15) is 21.5 Å². The highest BCUT2D eigenvalue weighted by molar-refractivity contribution is 6.39. The minimum absolute atomic E-state index is 0.208. The number of benzene rings is 2. The number of nitrogens with zero attached hydrogens (tertiary/aromatic N) is 1. The molecule has 0 aliphatic rings. The van der Waals surface area contributed by atoms with E-state index in [9.17, 15) is 14.4 Å². The average molecular weight is 422 g/mol. The largest absolute Gasteiger partial charge is 0.343 e. The number of rotatable bonds is 6. The maximum atomic E-state index is 12.2. The first-order valence-electron chi connectivity index (χ1n) is 8.52. The van der Waals surface area contributed by atoms with Crippen LogP contribution < -0.4 is 10.6 Å². The second-order valence-electron chi connectivity index (χ2n) is 6.38. The summed E-state index contributed by atoms with van der Waals surface area (Å²) in [5, 5.41) is 5.75. The number of amides is 3. The number of likely N-dealkylation sites (N-methyl/N-ethyl adjacent to an activating group) is 1. The lowest BCUT2D eigenvalue weighted by atomic mass is 10.1. The fraction of sp³-hybridized carbons (Fsp3) is 0.250. The van der Waals surface area contributed by atoms with Crippen LogP contribution >= 0.6 is 23.2 Å². The first kappa shape index (κ1) is 21.7. The molecule has 0 bridgehead atoms. The van der Waals surface area contributed by atoms with Crippen LogP contribution in [0.5, 0.6) is 0 Å². The van der Waals surface area contributed by atoms with E-state index in [1.54, 1.807) is 30.3 Å². The molecular weight excluding hydrogens is 401 g/mol. The van der Waals surface area contributed by atoms with Gasteiger partial charge in [-0.25, -0.2) is 0 Å². The third-order valence-corrected chi connectivity index (χ3v) is 4.83. The highest BCUT2D eigenvalue weighted by Gasteiger charge is 2.16. The number of nitrogens with one attached hydrogen (secondary N) is 2. The number of hydrogen-bond acceptors (Lipinski definition) is 3. The molecule has 0 heterocycles. The molecule has 0 fully saturated rings. The van der Waals surface area contributed by atoms with Crippen molar-refractivity contribution in [1.82, 2.24) is 10.2 Å². The maximum Gasteiger partial charge on any atom is 0.251 e. The van der Waals surface area contributed by atoms with E-state index in [1.807, 2.05) is 19.9 Å². The van der Waals surface area contributed by atoms with E-state index in [1.165, 1.54) is 11.9 Å². The Labute approximate surface area is 173 Å². The molecule has 2 aromatic rings. The maximum absolute atomic E-state index is 12.2. The van der Waals surface area contributed by atoms with Crippen molar-refractivity contribution in [2.45, 2.75) is 13.8 Å². The molecule has 0 unspecified atom stereocenters. The predicted octanol–water partition coefficient (Wildman–Crippen LogP) is 3.44. The molecule has 0 aliphatic carbocycles. The van der Waals surface area contributed by atoms with Crippen LogP contribution in [-0.4, -0.2) is 42.8 Å². The first-order valence-corrected chi connectivity index (χ1v) is 9.28. The summed E-state index contributed by atoms with van der Waals surface area (Å²) in [4.78, 5) is 37.7. The van der Waals surface area contributed by atoms with E-state index in [2.05, 4.69) is 10.6 Å². The molecule has 2 aromatic carbocycles. The molecule has 0 spiro atoms. The highest BCUT2D eigenvalue weighted by atomic mass is 35.5. The lowest BCUT2D eigenvalue weighted by Gasteiger charge is -2.18. The van der Waals surface area contributed by atoms with Gasteiger partial charge < -0.3 is 15.5 Å². The third kappa shape index (κ3) is 5.71. The van der Waals surface area contributed by atoms with Crippen molar-refractivity contribution < 1.29 is 14.4 Å². The zero-order valence-electron chi connectivity index (χ0n) is 15.8. The Morgan fingerprint density at radius 2 is 1.64 bits per heavy atom. The molecule has 28 heavy (non-hydrogen) atoms. The topological polar surface area (TPSA) is 78.5 Å². The Hall–Kier alpha value is -2.57. The molecular formula is C20H21Cl2N3O3. The standard InChI is InChI=1S/C20H21Cl2N3O3/c1-12-7-8-14(9-13(12)2)20(28)23-10-18(27)25(3)11-17(26)24-19-15(21)5-4-6-16(19)22/h4-9H,10-11H2,1-3H3,(H,23,28)(H,24,26). The van der Waals surface area contributed by atoms with Crippen LogP contribution in [0.2, 0.25) is 10.0 Å². The molecule has 6 nitrogen and oxygen atoms in total. The minimum Gasteiger partial charge on any atom is -0.343 e. The molecule has 0 aliphatic heterocycles. The van der Waals surface area contributed by atoms with Gasteiger partial charge in [-0.15, -0.1) is 0 Å². The molecule has 0 saturated heterocycles. The van der Waals surface area contributed by atoms with Gasteiger partial charge in [-0.3, -0.25) is 14.4 Å². The monoisotopic (exact) mass is 421 g/mol. The normalized spacial score (nSPS) is 10.3. The number of anilines is 1. The van der Waals surface area contributed by atoms with E-state index in [0.717, 1.165) is 11.1 Å². The van der Waals surface area contributed by atoms with Crippen molar-refractivity contribution in [3.63, 3.8) is 0 Å². The quantitative estimate of drug-likeness (QED) is 0.749. The number of halogens is 2. The van der Waals surface area contributed by atoms with E-state index in [0.29, 0.717) is 21.3 Å². The van der Waals surface area contributed by atoms with E-state index < -0.39 is 11.8 Å². The zero-order chi connectivity index (χ0) is 20.8. The Morgan fingerprint density at radius 1 is 1.00 bits per heavy atom. The van der Waals surface area contributed by atoms with Gasteiger partial charge >= 0.3 is 0 Å². The molecule has 148 valence electrons. The van der Waals surface area contributed by atoms with Gasteiger partial charge in [0.25, 0.3) is 5.91 Å². The minimum atomic E-state index is -0.452. The van der Waals surface area contributed by atoms with Gasteiger partial charge in [0.2, 0.25) is 11.8 Å². The SMILES string of the molecule is Cc1ccc(C(=O)NCC(=O)N(C)CC(=O)Nc2c(Cl)cccc2Cl)cc1C. The summed E-state index contributed by atoms with van der Waals surface area (Å²) in [6, 6.07) is 10.2. The average Bonchev–Trinajstić information content (AvgIpc) is 2.64. The van der Waals surface area contributed by atoms with Gasteiger partial charge in [0.05, 0.1) is 28.8 Å². The molecule has 0 radical (unpaired) electrons. The van der Waals surface area contributed by atoms with Crippen molar-refractivity contribution in [3.8, 4) is 0 Å². The van der Waals surface area contributed by atoms with E-state index >= 15 is 0 Å². The van der Waals surface area contributed by atoms with Crippen molar-refractivity contribution in [3.05, 3.63) is 63.1 Å². The summed E-state index contributed by atoms with van der Waals surface area (Å²) in [7, 11) is 1.47. The van der Waals surface area contributed by atoms with E-state index in [4.69, 9.17) is 23.2 Å². The molecule has 0 aromatic heterocycles. The molecule has 3 amide bonds. The van der Waals surface area contributed by atoms with Crippen LogP contribution in [-0.2, 0) is 9.59 Å². The predicted molar refractivity (Wildman–Crippen MR) is 111 cm³/mol. The Morgan fingerprint density at radius 3 is 2.25 bits per heavy atom. The van der Waals surface area contributed by atoms with Crippen LogP contribution in [0.3, 0.4) is 0 Å². The van der Waals surface area contributed by atoms with Crippen molar-refractivity contribution in [2.24, 2.45) is 0 Å². The molecule has 8 heteroatoms. The number of hydrogen-bond donors (Lipinski definition) is 2. The third-order valence-electron chi connectivity index (χ3n) is 4.20. The summed E-state index contributed by atoms with van der Waals surface area (Å²) < 4.78 is 0. The van der Waals surface area contributed by atoms with Gasteiger partial charge in [0, 0.05) is 12.6 Å². The van der Waals surface area contributed by atoms with Gasteiger partial charge in [-0.1, -0.05) is 35.3 Å². The molecule has 0 saturated carbocycles. The smallest absolute Gasteiger partial charge is 0.251 e. The summed E-state index contributed by atoms with van der Waals surface area (Å²) in [5.74, 6) is -1.21. The Kier molecular flexibility index (Phi) is 7.43. The van der Waals surface area contributed by atoms with Gasteiger partial charge in [-0.05, 0) is 49.2 Å². The Balaban J connectivity index is 1.87. The van der Waals surface area contributed by atoms with Crippen molar-refractivity contribution in [2.75, 3.05) is 25.5 Å². The number of carbonyl (C=O) groups is 3.